The summed E-state index contributed by atoms with van der Waals surface area (Å²) in [6.07, 6.45) is 4.90. The average Bonchev–Trinajstić information content (AvgIpc) is 2.71. The van der Waals surface area contributed by atoms with Crippen LogP contribution in [0.15, 0.2) is 53.4 Å². The maximum atomic E-state index is 12.5. The van der Waals surface area contributed by atoms with Crippen LogP contribution in [0.25, 0.3) is 0 Å². The van der Waals surface area contributed by atoms with Gasteiger partial charge in [-0.25, -0.2) is 8.42 Å². The van der Waals surface area contributed by atoms with Gasteiger partial charge in [-0.2, -0.15) is 0 Å². The zero-order valence-electron chi connectivity index (χ0n) is 16.9. The molecule has 1 amide bonds. The number of amides is 1. The predicted molar refractivity (Wildman–Crippen MR) is 114 cm³/mol. The summed E-state index contributed by atoms with van der Waals surface area (Å²) in [5.41, 5.74) is 1.56. The lowest BCUT2D eigenvalue weighted by Gasteiger charge is -2.24. The monoisotopic (exact) mass is 416 g/mol. The van der Waals surface area contributed by atoms with Crippen LogP contribution in [0.4, 0.5) is 5.69 Å². The molecule has 0 aliphatic heterocycles. The van der Waals surface area contributed by atoms with E-state index in [0.717, 1.165) is 31.2 Å². The van der Waals surface area contributed by atoms with Crippen molar-refractivity contribution in [2.24, 2.45) is 0 Å². The van der Waals surface area contributed by atoms with E-state index < -0.39 is 16.1 Å². The van der Waals surface area contributed by atoms with Crippen LogP contribution in [-0.2, 0) is 14.8 Å². The van der Waals surface area contributed by atoms with Gasteiger partial charge >= 0.3 is 0 Å². The molecule has 0 spiro atoms. The van der Waals surface area contributed by atoms with Gasteiger partial charge in [0, 0.05) is 11.7 Å². The predicted octanol–water partition coefficient (Wildman–Crippen LogP) is 4.01. The third kappa shape index (κ3) is 5.97. The normalized spacial score (nSPS) is 16.1. The highest BCUT2D eigenvalue weighted by Crippen LogP contribution is 2.21. The Kier molecular flexibility index (Phi) is 6.79. The quantitative estimate of drug-likeness (QED) is 0.714. The van der Waals surface area contributed by atoms with Crippen LogP contribution < -0.4 is 14.8 Å². The standard InChI is InChI=1S/C22H28N2O4S/c1-16-8-10-19(11-9-16)24-29(26,27)21-14-12-20(13-15-21)28-17(2)22(25)23-18-6-4-3-5-7-18/h8-15,17-18,24H,3-7H2,1-2H3,(H,23,25)/t17-/m0/s1. The van der Waals surface area contributed by atoms with E-state index in [1.54, 1.807) is 31.2 Å². The molecule has 6 nitrogen and oxygen atoms in total. The van der Waals surface area contributed by atoms with Crippen molar-refractivity contribution >= 4 is 21.6 Å². The molecule has 1 atom stereocenters. The summed E-state index contributed by atoms with van der Waals surface area (Å²) in [6.45, 7) is 3.63. The molecule has 1 fully saturated rings. The number of hydrogen-bond donors (Lipinski definition) is 2. The fraction of sp³-hybridized carbons (Fsp3) is 0.409. The lowest BCUT2D eigenvalue weighted by Crippen LogP contribution is -2.43. The number of carbonyl (C=O) groups excluding carboxylic acids is 1. The van der Waals surface area contributed by atoms with Gasteiger partial charge in [-0.05, 0) is 63.1 Å². The maximum Gasteiger partial charge on any atom is 0.261 e. The fourth-order valence-corrected chi connectivity index (χ4v) is 4.41. The van der Waals surface area contributed by atoms with E-state index >= 15 is 0 Å². The van der Waals surface area contributed by atoms with Gasteiger partial charge in [0.2, 0.25) is 0 Å². The van der Waals surface area contributed by atoms with Crippen LogP contribution >= 0.6 is 0 Å². The molecule has 2 aromatic rings. The van der Waals surface area contributed by atoms with Gasteiger partial charge < -0.3 is 10.1 Å². The number of aryl methyl sites for hydroxylation is 1. The lowest BCUT2D eigenvalue weighted by molar-refractivity contribution is -0.128. The number of hydrogen-bond acceptors (Lipinski definition) is 4. The number of anilines is 1. The van der Waals surface area contributed by atoms with Crippen LogP contribution in [0.5, 0.6) is 5.75 Å². The summed E-state index contributed by atoms with van der Waals surface area (Å²) in [6, 6.07) is 13.4. The Morgan fingerprint density at radius 3 is 2.24 bits per heavy atom. The summed E-state index contributed by atoms with van der Waals surface area (Å²) in [5, 5.41) is 3.04. The number of sulfonamides is 1. The summed E-state index contributed by atoms with van der Waals surface area (Å²) in [7, 11) is -3.69. The largest absolute Gasteiger partial charge is 0.481 e. The molecule has 3 rings (SSSR count). The lowest BCUT2D eigenvalue weighted by atomic mass is 9.95. The van der Waals surface area contributed by atoms with E-state index in [1.165, 1.54) is 18.6 Å². The van der Waals surface area contributed by atoms with Gasteiger partial charge in [0.25, 0.3) is 15.9 Å². The Morgan fingerprint density at radius 1 is 1.00 bits per heavy atom. The smallest absolute Gasteiger partial charge is 0.261 e. The molecule has 0 saturated heterocycles. The van der Waals surface area contributed by atoms with Crippen LogP contribution in [0, 0.1) is 6.92 Å². The van der Waals surface area contributed by atoms with Gasteiger partial charge in [-0.3, -0.25) is 9.52 Å². The van der Waals surface area contributed by atoms with E-state index in [0.29, 0.717) is 11.4 Å². The molecular formula is C22H28N2O4S. The van der Waals surface area contributed by atoms with Crippen molar-refractivity contribution in [2.75, 3.05) is 4.72 Å². The van der Waals surface area contributed by atoms with Crippen molar-refractivity contribution in [3.63, 3.8) is 0 Å². The Labute approximate surface area is 172 Å². The molecule has 2 N–H and O–H groups in total. The molecular weight excluding hydrogens is 388 g/mol. The van der Waals surface area contributed by atoms with Crippen molar-refractivity contribution in [2.45, 2.75) is 63.0 Å². The van der Waals surface area contributed by atoms with Gasteiger partial charge in [-0.15, -0.1) is 0 Å². The third-order valence-corrected chi connectivity index (χ3v) is 6.47. The van der Waals surface area contributed by atoms with Gasteiger partial charge in [0.05, 0.1) is 4.90 Å². The first-order valence-electron chi connectivity index (χ1n) is 10.00. The molecule has 156 valence electrons. The highest BCUT2D eigenvalue weighted by molar-refractivity contribution is 7.92. The average molecular weight is 417 g/mol. The SMILES string of the molecule is Cc1ccc(NS(=O)(=O)c2ccc(O[C@@H](C)C(=O)NC3CCCCC3)cc2)cc1. The topological polar surface area (TPSA) is 84.5 Å². The maximum absolute atomic E-state index is 12.5. The van der Waals surface area contributed by atoms with Gasteiger partial charge in [-0.1, -0.05) is 37.0 Å². The number of rotatable bonds is 7. The molecule has 0 radical (unpaired) electrons. The second-order valence-electron chi connectivity index (χ2n) is 7.55. The molecule has 1 aliphatic rings. The van der Waals surface area contributed by atoms with E-state index in [1.807, 2.05) is 19.1 Å². The number of carbonyl (C=O) groups is 1. The number of nitrogens with one attached hydrogen (secondary N) is 2. The van der Waals surface area contributed by atoms with Crippen molar-refractivity contribution < 1.29 is 17.9 Å². The van der Waals surface area contributed by atoms with Crippen LogP contribution in [0.1, 0.15) is 44.6 Å². The molecule has 7 heteroatoms. The molecule has 0 heterocycles. The minimum Gasteiger partial charge on any atom is -0.481 e. The van der Waals surface area contributed by atoms with Crippen LogP contribution in [-0.4, -0.2) is 26.5 Å². The fourth-order valence-electron chi connectivity index (χ4n) is 3.36. The number of benzene rings is 2. The summed E-state index contributed by atoms with van der Waals surface area (Å²) < 4.78 is 33.3. The molecule has 1 saturated carbocycles. The van der Waals surface area contributed by atoms with Crippen molar-refractivity contribution in [3.05, 3.63) is 54.1 Å². The summed E-state index contributed by atoms with van der Waals surface area (Å²) >= 11 is 0. The van der Waals surface area contributed by atoms with Crippen molar-refractivity contribution in [1.29, 1.82) is 0 Å². The Hall–Kier alpha value is -2.54. The highest BCUT2D eigenvalue weighted by atomic mass is 32.2. The first-order valence-corrected chi connectivity index (χ1v) is 11.5. The Balaban J connectivity index is 1.58. The molecule has 0 unspecified atom stereocenters. The van der Waals surface area contributed by atoms with E-state index in [9.17, 15) is 13.2 Å². The first kappa shape index (κ1) is 21.2. The summed E-state index contributed by atoms with van der Waals surface area (Å²) in [4.78, 5) is 12.5. The molecule has 1 aliphatic carbocycles. The molecule has 0 aromatic heterocycles. The molecule has 0 bridgehead atoms. The van der Waals surface area contributed by atoms with E-state index in [2.05, 4.69) is 10.0 Å². The minimum atomic E-state index is -3.69. The Morgan fingerprint density at radius 2 is 1.62 bits per heavy atom. The zero-order chi connectivity index (χ0) is 20.9. The molecule has 29 heavy (non-hydrogen) atoms. The second-order valence-corrected chi connectivity index (χ2v) is 9.23. The van der Waals surface area contributed by atoms with Gasteiger partial charge in [0.1, 0.15) is 5.75 Å². The van der Waals surface area contributed by atoms with Gasteiger partial charge in [0.15, 0.2) is 6.10 Å². The van der Waals surface area contributed by atoms with E-state index in [4.69, 9.17) is 4.74 Å². The van der Waals surface area contributed by atoms with Crippen molar-refractivity contribution in [1.82, 2.24) is 5.32 Å². The van der Waals surface area contributed by atoms with Crippen molar-refractivity contribution in [3.8, 4) is 5.75 Å². The number of ether oxygens (including phenoxy) is 1. The summed E-state index contributed by atoms with van der Waals surface area (Å²) in [5.74, 6) is 0.306. The zero-order valence-corrected chi connectivity index (χ0v) is 17.7. The third-order valence-electron chi connectivity index (χ3n) is 5.07. The van der Waals surface area contributed by atoms with E-state index in [-0.39, 0.29) is 16.8 Å². The molecule has 2 aromatic carbocycles. The van der Waals surface area contributed by atoms with Crippen LogP contribution in [0.2, 0.25) is 0 Å². The minimum absolute atomic E-state index is 0.129. The first-order chi connectivity index (χ1) is 13.8. The second kappa shape index (κ2) is 9.31. The Bertz CT molecular complexity index is 918. The van der Waals surface area contributed by atoms with Crippen LogP contribution in [0.3, 0.4) is 0 Å². The highest BCUT2D eigenvalue weighted by Gasteiger charge is 2.21.